The van der Waals surface area contributed by atoms with Gasteiger partial charge < -0.3 is 14.2 Å². The summed E-state index contributed by atoms with van der Waals surface area (Å²) in [6.45, 7) is 6.43. The van der Waals surface area contributed by atoms with Crippen molar-refractivity contribution in [1.29, 1.82) is 0 Å². The lowest BCUT2D eigenvalue weighted by Gasteiger charge is -2.18. The van der Waals surface area contributed by atoms with Crippen molar-refractivity contribution in [1.82, 2.24) is 0 Å². The lowest BCUT2D eigenvalue weighted by atomic mass is 10.0. The fraction of sp³-hybridized carbons (Fsp3) is 0.704. The highest BCUT2D eigenvalue weighted by molar-refractivity contribution is 5.71. The van der Waals surface area contributed by atoms with Gasteiger partial charge in [-0.3, -0.25) is 14.4 Å². The zero-order chi connectivity index (χ0) is 55.7. The molecule has 0 aliphatic rings. The second kappa shape index (κ2) is 64.6. The minimum atomic E-state index is -0.804. The maximum atomic E-state index is 12.9. The SMILES string of the molecule is CC/C=C\C/C=C\C/C=C\C/C=C\C/C=C\CCCCCC(=O)OC(COC(=O)CCCCCCC/C=C\C/C=C\CCC)COC(=O)CCCCCCCCCCCCCCCCC/C=C\C/C=C\CCCCCCC. The number of allylic oxidation sites excluding steroid dienone is 18. The van der Waals surface area contributed by atoms with Crippen molar-refractivity contribution < 1.29 is 28.6 Å². The quantitative estimate of drug-likeness (QED) is 0.0261. The summed E-state index contributed by atoms with van der Waals surface area (Å²) in [5.41, 5.74) is 0. The standard InChI is InChI=1S/C71H120O6/c1-4-7-10-13-16-19-22-25-27-29-31-32-33-34-35-36-37-38-40-41-43-46-49-52-55-58-61-64-70(73)76-67-68(66-75-69(72)63-60-57-54-51-48-45-24-21-18-15-12-9-6-3)77-71(74)65-62-59-56-53-50-47-44-42-39-30-28-26-23-20-17-14-11-8-5-2/h8,11-12,15,17,20-22,24-26,28-29,31,39,42,47,50,68H,4-7,9-10,13-14,16,18-19,23,27,30,32-38,40-41,43-46,48-49,51-67H2,1-3H3/b11-8-,15-12-,20-17-,24-21-,25-22-,28-26-,31-29-,42-39-,50-47-. The Morgan fingerprint density at radius 3 is 0.857 bits per heavy atom. The Balaban J connectivity index is 4.33. The van der Waals surface area contributed by atoms with Crippen molar-refractivity contribution in [2.24, 2.45) is 0 Å². The maximum absolute atomic E-state index is 12.9. The number of rotatable bonds is 58. The molecular weight excluding hydrogens is 949 g/mol. The van der Waals surface area contributed by atoms with Gasteiger partial charge in [0.2, 0.25) is 0 Å². The molecule has 0 aromatic carbocycles. The van der Waals surface area contributed by atoms with E-state index in [4.69, 9.17) is 14.2 Å². The van der Waals surface area contributed by atoms with E-state index in [2.05, 4.69) is 130 Å². The van der Waals surface area contributed by atoms with Gasteiger partial charge in [0.15, 0.2) is 6.10 Å². The third kappa shape index (κ3) is 62.8. The molecule has 0 saturated heterocycles. The molecule has 0 fully saturated rings. The Bertz CT molecular complexity index is 1560. The number of hydrogen-bond donors (Lipinski definition) is 0. The molecule has 0 rings (SSSR count). The molecule has 0 N–H and O–H groups in total. The van der Waals surface area contributed by atoms with Gasteiger partial charge in [-0.2, -0.15) is 0 Å². The highest BCUT2D eigenvalue weighted by atomic mass is 16.6. The fourth-order valence-corrected chi connectivity index (χ4v) is 8.89. The summed E-state index contributed by atoms with van der Waals surface area (Å²) in [7, 11) is 0. The number of hydrogen-bond acceptors (Lipinski definition) is 6. The van der Waals surface area contributed by atoms with Crippen molar-refractivity contribution >= 4 is 17.9 Å². The van der Waals surface area contributed by atoms with E-state index in [-0.39, 0.29) is 37.5 Å². The summed E-state index contributed by atoms with van der Waals surface area (Å²) in [5, 5.41) is 0. The number of carbonyl (C=O) groups is 3. The van der Waals surface area contributed by atoms with Gasteiger partial charge in [-0.15, -0.1) is 0 Å². The zero-order valence-electron chi connectivity index (χ0n) is 50.4. The molecule has 1 atom stereocenters. The smallest absolute Gasteiger partial charge is 0.306 e. The highest BCUT2D eigenvalue weighted by Gasteiger charge is 2.19. The molecule has 0 aromatic rings. The fourth-order valence-electron chi connectivity index (χ4n) is 8.89. The first kappa shape index (κ1) is 73.1. The summed E-state index contributed by atoms with van der Waals surface area (Å²) in [4.78, 5) is 38.3. The molecular formula is C71H120O6. The van der Waals surface area contributed by atoms with Gasteiger partial charge in [0.05, 0.1) is 0 Å². The zero-order valence-corrected chi connectivity index (χ0v) is 50.4. The maximum Gasteiger partial charge on any atom is 0.306 e. The molecule has 0 saturated carbocycles. The van der Waals surface area contributed by atoms with Gasteiger partial charge in [-0.05, 0) is 122 Å². The van der Waals surface area contributed by atoms with Crippen LogP contribution in [-0.4, -0.2) is 37.2 Å². The van der Waals surface area contributed by atoms with Crippen molar-refractivity contribution in [3.8, 4) is 0 Å². The molecule has 0 heterocycles. The van der Waals surface area contributed by atoms with E-state index in [1.807, 2.05) is 0 Å². The third-order valence-electron chi connectivity index (χ3n) is 13.7. The van der Waals surface area contributed by atoms with Crippen LogP contribution in [0, 0.1) is 0 Å². The lowest BCUT2D eigenvalue weighted by Crippen LogP contribution is -2.30. The van der Waals surface area contributed by atoms with Gasteiger partial charge in [0.1, 0.15) is 13.2 Å². The highest BCUT2D eigenvalue weighted by Crippen LogP contribution is 2.16. The molecule has 0 aliphatic carbocycles. The third-order valence-corrected chi connectivity index (χ3v) is 13.7. The van der Waals surface area contributed by atoms with Crippen molar-refractivity contribution in [2.45, 2.75) is 309 Å². The Morgan fingerprint density at radius 2 is 0.532 bits per heavy atom. The monoisotopic (exact) mass is 1070 g/mol. The predicted molar refractivity (Wildman–Crippen MR) is 334 cm³/mol. The number of carbonyl (C=O) groups excluding carboxylic acids is 3. The van der Waals surface area contributed by atoms with Gasteiger partial charge in [-0.1, -0.05) is 271 Å². The number of esters is 3. The molecule has 0 aromatic heterocycles. The average Bonchev–Trinajstić information content (AvgIpc) is 3.43. The van der Waals surface area contributed by atoms with E-state index in [9.17, 15) is 14.4 Å². The molecule has 440 valence electrons. The van der Waals surface area contributed by atoms with Crippen LogP contribution in [0.4, 0.5) is 0 Å². The molecule has 0 amide bonds. The lowest BCUT2D eigenvalue weighted by molar-refractivity contribution is -0.167. The predicted octanol–water partition coefficient (Wildman–Crippen LogP) is 22.2. The number of unbranched alkanes of at least 4 members (excludes halogenated alkanes) is 29. The van der Waals surface area contributed by atoms with Gasteiger partial charge in [0, 0.05) is 19.3 Å². The van der Waals surface area contributed by atoms with E-state index in [1.165, 1.54) is 128 Å². The molecule has 77 heavy (non-hydrogen) atoms. The van der Waals surface area contributed by atoms with E-state index in [1.54, 1.807) is 0 Å². The Labute approximate surface area is 476 Å². The average molecular weight is 1070 g/mol. The molecule has 0 spiro atoms. The Kier molecular flexibility index (Phi) is 61.3. The molecule has 0 radical (unpaired) electrons. The van der Waals surface area contributed by atoms with E-state index in [0.29, 0.717) is 12.8 Å². The van der Waals surface area contributed by atoms with Crippen LogP contribution in [0.25, 0.3) is 0 Å². The summed E-state index contributed by atoms with van der Waals surface area (Å²) in [6.07, 6.45) is 88.2. The first-order valence-electron chi connectivity index (χ1n) is 32.4. The van der Waals surface area contributed by atoms with E-state index < -0.39 is 6.10 Å². The molecule has 6 heteroatoms. The minimum Gasteiger partial charge on any atom is -0.462 e. The van der Waals surface area contributed by atoms with Gasteiger partial charge in [-0.25, -0.2) is 0 Å². The van der Waals surface area contributed by atoms with Crippen LogP contribution in [0.15, 0.2) is 109 Å². The van der Waals surface area contributed by atoms with Crippen LogP contribution in [0.3, 0.4) is 0 Å². The second-order valence-corrected chi connectivity index (χ2v) is 21.3. The minimum absolute atomic E-state index is 0.0962. The summed E-state index contributed by atoms with van der Waals surface area (Å²) >= 11 is 0. The largest absolute Gasteiger partial charge is 0.462 e. The van der Waals surface area contributed by atoms with Crippen LogP contribution in [0.5, 0.6) is 0 Å². The second-order valence-electron chi connectivity index (χ2n) is 21.3. The first-order valence-corrected chi connectivity index (χ1v) is 32.4. The van der Waals surface area contributed by atoms with Crippen LogP contribution in [0.1, 0.15) is 303 Å². The van der Waals surface area contributed by atoms with E-state index >= 15 is 0 Å². The Hall–Kier alpha value is -3.93. The summed E-state index contributed by atoms with van der Waals surface area (Å²) in [6, 6.07) is 0. The van der Waals surface area contributed by atoms with Crippen LogP contribution < -0.4 is 0 Å². The summed E-state index contributed by atoms with van der Waals surface area (Å²) in [5.74, 6) is -0.937. The van der Waals surface area contributed by atoms with Crippen LogP contribution >= 0.6 is 0 Å². The summed E-state index contributed by atoms with van der Waals surface area (Å²) < 4.78 is 16.9. The molecule has 0 bridgehead atoms. The topological polar surface area (TPSA) is 78.9 Å². The van der Waals surface area contributed by atoms with E-state index in [0.717, 1.165) is 135 Å². The van der Waals surface area contributed by atoms with Crippen LogP contribution in [-0.2, 0) is 28.6 Å². The van der Waals surface area contributed by atoms with Crippen molar-refractivity contribution in [3.05, 3.63) is 109 Å². The normalized spacial score (nSPS) is 12.8. The number of ether oxygens (including phenoxy) is 3. The van der Waals surface area contributed by atoms with Crippen molar-refractivity contribution in [3.63, 3.8) is 0 Å². The van der Waals surface area contributed by atoms with Gasteiger partial charge >= 0.3 is 17.9 Å². The van der Waals surface area contributed by atoms with Gasteiger partial charge in [0.25, 0.3) is 0 Å². The Morgan fingerprint density at radius 1 is 0.273 bits per heavy atom. The van der Waals surface area contributed by atoms with Crippen molar-refractivity contribution in [2.75, 3.05) is 13.2 Å². The van der Waals surface area contributed by atoms with Crippen LogP contribution in [0.2, 0.25) is 0 Å². The molecule has 0 aliphatic heterocycles. The molecule has 1 unspecified atom stereocenters. The molecule has 6 nitrogen and oxygen atoms in total. The first-order chi connectivity index (χ1) is 38.0.